The molecule has 2 unspecified atom stereocenters. The van der Waals surface area contributed by atoms with Crippen LogP contribution in [0.4, 0.5) is 0 Å². The zero-order valence-electron chi connectivity index (χ0n) is 14.1. The first-order chi connectivity index (χ1) is 11.0. The predicted octanol–water partition coefficient (Wildman–Crippen LogP) is 2.84. The molecule has 2 rings (SSSR count). The van der Waals surface area contributed by atoms with E-state index in [-0.39, 0.29) is 11.7 Å². The molecule has 0 bridgehead atoms. The summed E-state index contributed by atoms with van der Waals surface area (Å²) in [6, 6.07) is 7.37. The molecule has 0 aromatic heterocycles. The standard InChI is InChI=1S/C17H26ClN3O2/c1-13(23-15-7-5-14(18)6-8-15)11-20-16(19-3)21-12-17(2)9-4-10-22-17/h5-8,13H,4,9-12H2,1-3H3,(H2,19,20,21). The number of guanidine groups is 1. The Morgan fingerprint density at radius 3 is 2.74 bits per heavy atom. The van der Waals surface area contributed by atoms with Gasteiger partial charge in [0.2, 0.25) is 0 Å². The highest BCUT2D eigenvalue weighted by Crippen LogP contribution is 2.23. The molecule has 0 aliphatic carbocycles. The van der Waals surface area contributed by atoms with E-state index in [1.165, 1.54) is 0 Å². The molecule has 23 heavy (non-hydrogen) atoms. The molecule has 0 amide bonds. The van der Waals surface area contributed by atoms with E-state index < -0.39 is 0 Å². The first kappa shape index (κ1) is 17.9. The minimum Gasteiger partial charge on any atom is -0.489 e. The SMILES string of the molecule is CN=C(NCC(C)Oc1ccc(Cl)cc1)NCC1(C)CCCO1. The first-order valence-corrected chi connectivity index (χ1v) is 8.39. The third-order valence-corrected chi connectivity index (χ3v) is 4.11. The van der Waals surface area contributed by atoms with Crippen molar-refractivity contribution in [3.8, 4) is 5.75 Å². The zero-order chi connectivity index (χ0) is 16.7. The van der Waals surface area contributed by atoms with Crippen LogP contribution in [0.1, 0.15) is 26.7 Å². The molecule has 0 spiro atoms. The quantitative estimate of drug-likeness (QED) is 0.618. The van der Waals surface area contributed by atoms with Gasteiger partial charge in [0.1, 0.15) is 11.9 Å². The van der Waals surface area contributed by atoms with Crippen molar-refractivity contribution in [2.75, 3.05) is 26.7 Å². The summed E-state index contributed by atoms with van der Waals surface area (Å²) in [5.41, 5.74) is -0.0942. The second-order valence-corrected chi connectivity index (χ2v) is 6.53. The fraction of sp³-hybridized carbons (Fsp3) is 0.588. The topological polar surface area (TPSA) is 54.9 Å². The van der Waals surface area contributed by atoms with Crippen molar-refractivity contribution in [2.24, 2.45) is 4.99 Å². The van der Waals surface area contributed by atoms with Gasteiger partial charge in [-0.1, -0.05) is 11.6 Å². The van der Waals surface area contributed by atoms with E-state index in [1.54, 1.807) is 7.05 Å². The second kappa shape index (κ2) is 8.41. The van der Waals surface area contributed by atoms with E-state index in [0.717, 1.165) is 37.7 Å². The van der Waals surface area contributed by atoms with Crippen LogP contribution in [-0.4, -0.2) is 44.4 Å². The van der Waals surface area contributed by atoms with E-state index in [9.17, 15) is 0 Å². The number of nitrogens with one attached hydrogen (secondary N) is 2. The maximum atomic E-state index is 5.87. The number of aliphatic imine (C=N–C) groups is 1. The lowest BCUT2D eigenvalue weighted by molar-refractivity contribution is 0.0242. The average Bonchev–Trinajstić information content (AvgIpc) is 2.97. The van der Waals surface area contributed by atoms with E-state index in [0.29, 0.717) is 11.6 Å². The Labute approximate surface area is 143 Å². The Morgan fingerprint density at radius 1 is 1.39 bits per heavy atom. The van der Waals surface area contributed by atoms with Crippen LogP contribution >= 0.6 is 11.6 Å². The van der Waals surface area contributed by atoms with Gasteiger partial charge >= 0.3 is 0 Å². The molecule has 128 valence electrons. The minimum absolute atomic E-state index is 0.00745. The highest BCUT2D eigenvalue weighted by atomic mass is 35.5. The molecule has 1 aliphatic rings. The van der Waals surface area contributed by atoms with E-state index >= 15 is 0 Å². The van der Waals surface area contributed by atoms with Crippen LogP contribution in [0.3, 0.4) is 0 Å². The molecule has 5 nitrogen and oxygen atoms in total. The van der Waals surface area contributed by atoms with Gasteiger partial charge in [0.15, 0.2) is 5.96 Å². The smallest absolute Gasteiger partial charge is 0.191 e. The van der Waals surface area contributed by atoms with Crippen molar-refractivity contribution in [2.45, 2.75) is 38.4 Å². The second-order valence-electron chi connectivity index (χ2n) is 6.09. The third kappa shape index (κ3) is 5.92. The van der Waals surface area contributed by atoms with Gasteiger partial charge in [-0.15, -0.1) is 0 Å². The number of benzene rings is 1. The summed E-state index contributed by atoms with van der Waals surface area (Å²) in [4.78, 5) is 4.24. The Kier molecular flexibility index (Phi) is 6.54. The molecule has 6 heteroatoms. The van der Waals surface area contributed by atoms with Crippen molar-refractivity contribution >= 4 is 17.6 Å². The predicted molar refractivity (Wildman–Crippen MR) is 94.5 cm³/mol. The zero-order valence-corrected chi connectivity index (χ0v) is 14.8. The maximum absolute atomic E-state index is 5.87. The van der Waals surface area contributed by atoms with Crippen molar-refractivity contribution in [1.82, 2.24) is 10.6 Å². The van der Waals surface area contributed by atoms with E-state index in [2.05, 4.69) is 22.5 Å². The van der Waals surface area contributed by atoms with Gasteiger partial charge in [-0.2, -0.15) is 0 Å². The highest BCUT2D eigenvalue weighted by molar-refractivity contribution is 6.30. The van der Waals surface area contributed by atoms with Gasteiger partial charge in [0.25, 0.3) is 0 Å². The molecule has 2 atom stereocenters. The van der Waals surface area contributed by atoms with Gasteiger partial charge in [-0.05, 0) is 51.0 Å². The summed E-state index contributed by atoms with van der Waals surface area (Å²) in [6.07, 6.45) is 2.21. The summed E-state index contributed by atoms with van der Waals surface area (Å²) < 4.78 is 11.6. The molecular formula is C17H26ClN3O2. The summed E-state index contributed by atoms with van der Waals surface area (Å²) in [6.45, 7) is 6.39. The third-order valence-electron chi connectivity index (χ3n) is 3.86. The number of ether oxygens (including phenoxy) is 2. The summed E-state index contributed by atoms with van der Waals surface area (Å²) >= 11 is 5.87. The lowest BCUT2D eigenvalue weighted by atomic mass is 10.0. The van der Waals surface area contributed by atoms with E-state index in [1.807, 2.05) is 31.2 Å². The summed E-state index contributed by atoms with van der Waals surface area (Å²) in [5, 5.41) is 7.30. The Bertz CT molecular complexity index is 513. The van der Waals surface area contributed by atoms with Crippen LogP contribution in [0.15, 0.2) is 29.3 Å². The number of hydrogen-bond acceptors (Lipinski definition) is 3. The fourth-order valence-corrected chi connectivity index (χ4v) is 2.62. The Morgan fingerprint density at radius 2 is 2.13 bits per heavy atom. The van der Waals surface area contributed by atoms with Gasteiger partial charge in [0, 0.05) is 25.2 Å². The molecule has 1 aromatic rings. The average molecular weight is 340 g/mol. The monoisotopic (exact) mass is 339 g/mol. The Hall–Kier alpha value is -1.46. The fourth-order valence-electron chi connectivity index (χ4n) is 2.50. The molecule has 0 radical (unpaired) electrons. The number of rotatable bonds is 6. The van der Waals surface area contributed by atoms with Gasteiger partial charge in [0.05, 0.1) is 12.1 Å². The highest BCUT2D eigenvalue weighted by Gasteiger charge is 2.29. The normalized spacial score (nSPS) is 22.7. The molecule has 1 saturated heterocycles. The first-order valence-electron chi connectivity index (χ1n) is 8.01. The van der Waals surface area contributed by atoms with Crippen molar-refractivity contribution < 1.29 is 9.47 Å². The lowest BCUT2D eigenvalue weighted by Crippen LogP contribution is -2.47. The van der Waals surface area contributed by atoms with Crippen LogP contribution in [0.25, 0.3) is 0 Å². The minimum atomic E-state index is -0.0942. The molecule has 1 heterocycles. The number of hydrogen-bond donors (Lipinski definition) is 2. The number of nitrogens with zero attached hydrogens (tertiary/aromatic N) is 1. The van der Waals surface area contributed by atoms with Gasteiger partial charge < -0.3 is 20.1 Å². The van der Waals surface area contributed by atoms with Gasteiger partial charge in [-0.3, -0.25) is 4.99 Å². The van der Waals surface area contributed by atoms with Crippen molar-refractivity contribution in [1.29, 1.82) is 0 Å². The lowest BCUT2D eigenvalue weighted by Gasteiger charge is -2.25. The van der Waals surface area contributed by atoms with Crippen LogP contribution in [0.5, 0.6) is 5.75 Å². The van der Waals surface area contributed by atoms with Crippen molar-refractivity contribution in [3.63, 3.8) is 0 Å². The Balaban J connectivity index is 1.73. The van der Waals surface area contributed by atoms with Crippen molar-refractivity contribution in [3.05, 3.63) is 29.3 Å². The molecule has 2 N–H and O–H groups in total. The van der Waals surface area contributed by atoms with Crippen LogP contribution < -0.4 is 15.4 Å². The molecule has 1 fully saturated rings. The van der Waals surface area contributed by atoms with E-state index in [4.69, 9.17) is 21.1 Å². The molecule has 1 aromatic carbocycles. The van der Waals surface area contributed by atoms with Crippen LogP contribution in [-0.2, 0) is 4.74 Å². The van der Waals surface area contributed by atoms with Crippen LogP contribution in [0.2, 0.25) is 5.02 Å². The summed E-state index contributed by atoms with van der Waals surface area (Å²) in [5.74, 6) is 1.56. The largest absolute Gasteiger partial charge is 0.489 e. The number of halogens is 1. The molecule has 0 saturated carbocycles. The maximum Gasteiger partial charge on any atom is 0.191 e. The molecule has 1 aliphatic heterocycles. The van der Waals surface area contributed by atoms with Crippen LogP contribution in [0, 0.1) is 0 Å². The molecular weight excluding hydrogens is 314 g/mol. The summed E-state index contributed by atoms with van der Waals surface area (Å²) in [7, 11) is 1.76. The van der Waals surface area contributed by atoms with Gasteiger partial charge in [-0.25, -0.2) is 0 Å².